The molecule has 2 aromatic rings. The molecule has 0 aromatic carbocycles. The summed E-state index contributed by atoms with van der Waals surface area (Å²) >= 11 is 1.84. The van der Waals surface area contributed by atoms with Crippen LogP contribution in [-0.4, -0.2) is 46.9 Å². The molecule has 1 aliphatic heterocycles. The second-order valence-electron chi connectivity index (χ2n) is 6.85. The first-order chi connectivity index (χ1) is 11.7. The maximum atomic E-state index is 12.7. The first-order valence-electron chi connectivity index (χ1n) is 8.67. The molecule has 126 valence electrons. The standard InChI is InChI=1S/C19H23N3OS/c1-14-2-3-18(24-14)16-12-17(16)19(23)22-10-8-21(9-11-22)13-15-4-6-20-7-5-15/h2-7,16-17H,8-13H2,1H3/t16-,17-/m0/s1. The zero-order valence-corrected chi connectivity index (χ0v) is 14.8. The highest BCUT2D eigenvalue weighted by atomic mass is 32.1. The molecule has 3 heterocycles. The first kappa shape index (κ1) is 15.8. The predicted molar refractivity (Wildman–Crippen MR) is 96.0 cm³/mol. The molecule has 4 rings (SSSR count). The lowest BCUT2D eigenvalue weighted by molar-refractivity contribution is -0.134. The van der Waals surface area contributed by atoms with Gasteiger partial charge in [-0.1, -0.05) is 0 Å². The van der Waals surface area contributed by atoms with Crippen LogP contribution in [0.3, 0.4) is 0 Å². The highest BCUT2D eigenvalue weighted by Gasteiger charge is 2.46. The Morgan fingerprint density at radius 1 is 1.17 bits per heavy atom. The number of piperazine rings is 1. The Balaban J connectivity index is 1.28. The van der Waals surface area contributed by atoms with Gasteiger partial charge in [0.2, 0.25) is 5.91 Å². The van der Waals surface area contributed by atoms with Crippen molar-refractivity contribution in [2.75, 3.05) is 26.2 Å². The van der Waals surface area contributed by atoms with Gasteiger partial charge < -0.3 is 4.90 Å². The average Bonchev–Trinajstić information content (AvgIpc) is 3.30. The summed E-state index contributed by atoms with van der Waals surface area (Å²) in [5.41, 5.74) is 1.29. The number of amides is 1. The minimum atomic E-state index is 0.231. The predicted octanol–water partition coefficient (Wildman–Crippen LogP) is 2.90. The van der Waals surface area contributed by atoms with E-state index in [9.17, 15) is 4.79 Å². The largest absolute Gasteiger partial charge is 0.340 e. The number of pyridine rings is 1. The normalized spacial score (nSPS) is 24.1. The summed E-state index contributed by atoms with van der Waals surface area (Å²) in [6.45, 7) is 6.72. The SMILES string of the molecule is Cc1ccc([C@H]2C[C@@H]2C(=O)N2CCN(Cc3ccncc3)CC2)s1. The number of aryl methyl sites for hydroxylation is 1. The molecule has 1 saturated heterocycles. The fourth-order valence-corrected chi connectivity index (χ4v) is 4.60. The zero-order valence-electron chi connectivity index (χ0n) is 14.0. The van der Waals surface area contributed by atoms with Crippen LogP contribution in [0.15, 0.2) is 36.7 Å². The van der Waals surface area contributed by atoms with Gasteiger partial charge in [0.25, 0.3) is 0 Å². The summed E-state index contributed by atoms with van der Waals surface area (Å²) in [5, 5.41) is 0. The molecule has 2 atom stereocenters. The number of carbonyl (C=O) groups excluding carboxylic acids is 1. The van der Waals surface area contributed by atoms with Crippen LogP contribution < -0.4 is 0 Å². The zero-order chi connectivity index (χ0) is 16.5. The second kappa shape index (κ2) is 6.65. The van der Waals surface area contributed by atoms with Gasteiger partial charge in [0.05, 0.1) is 0 Å². The van der Waals surface area contributed by atoms with E-state index in [1.54, 1.807) is 0 Å². The molecule has 5 heteroatoms. The lowest BCUT2D eigenvalue weighted by atomic mass is 10.2. The van der Waals surface area contributed by atoms with Crippen molar-refractivity contribution in [3.8, 4) is 0 Å². The summed E-state index contributed by atoms with van der Waals surface area (Å²) in [6, 6.07) is 8.49. The van der Waals surface area contributed by atoms with E-state index in [1.807, 2.05) is 23.7 Å². The number of rotatable bonds is 4. The van der Waals surface area contributed by atoms with E-state index in [2.05, 4.69) is 46.0 Å². The van der Waals surface area contributed by atoms with Crippen LogP contribution in [0.4, 0.5) is 0 Å². The molecular weight excluding hydrogens is 318 g/mol. The van der Waals surface area contributed by atoms with E-state index in [1.165, 1.54) is 15.3 Å². The van der Waals surface area contributed by atoms with Crippen molar-refractivity contribution in [1.29, 1.82) is 0 Å². The number of hydrogen-bond donors (Lipinski definition) is 0. The molecular formula is C19H23N3OS. The molecule has 2 aliphatic rings. The molecule has 2 aromatic heterocycles. The van der Waals surface area contributed by atoms with Crippen molar-refractivity contribution in [3.05, 3.63) is 52.0 Å². The van der Waals surface area contributed by atoms with E-state index < -0.39 is 0 Å². The van der Waals surface area contributed by atoms with Gasteiger partial charge in [-0.2, -0.15) is 0 Å². The smallest absolute Gasteiger partial charge is 0.226 e. The molecule has 0 spiro atoms. The highest BCUT2D eigenvalue weighted by Crippen LogP contribution is 2.50. The third-order valence-electron chi connectivity index (χ3n) is 5.07. The van der Waals surface area contributed by atoms with Crippen LogP contribution in [0.5, 0.6) is 0 Å². The topological polar surface area (TPSA) is 36.4 Å². The van der Waals surface area contributed by atoms with E-state index in [0.717, 1.165) is 39.1 Å². The molecule has 1 amide bonds. The van der Waals surface area contributed by atoms with Crippen molar-refractivity contribution in [1.82, 2.24) is 14.8 Å². The summed E-state index contributed by atoms with van der Waals surface area (Å²) < 4.78 is 0. The first-order valence-corrected chi connectivity index (χ1v) is 9.49. The molecule has 0 bridgehead atoms. The fourth-order valence-electron chi connectivity index (χ4n) is 3.54. The van der Waals surface area contributed by atoms with Crippen LogP contribution in [0, 0.1) is 12.8 Å². The molecule has 24 heavy (non-hydrogen) atoms. The number of hydrogen-bond acceptors (Lipinski definition) is 4. The number of carbonyl (C=O) groups is 1. The summed E-state index contributed by atoms with van der Waals surface area (Å²) in [6.07, 6.45) is 4.72. The summed E-state index contributed by atoms with van der Waals surface area (Å²) in [7, 11) is 0. The van der Waals surface area contributed by atoms with Crippen LogP contribution >= 0.6 is 11.3 Å². The van der Waals surface area contributed by atoms with Gasteiger partial charge in [0.15, 0.2) is 0 Å². The highest BCUT2D eigenvalue weighted by molar-refractivity contribution is 7.12. The minimum Gasteiger partial charge on any atom is -0.340 e. The van der Waals surface area contributed by atoms with Crippen LogP contribution in [0.1, 0.15) is 27.7 Å². The minimum absolute atomic E-state index is 0.231. The third kappa shape index (κ3) is 3.37. The van der Waals surface area contributed by atoms with Crippen LogP contribution in [0.2, 0.25) is 0 Å². The number of aromatic nitrogens is 1. The Labute approximate surface area is 147 Å². The molecule has 2 fully saturated rings. The molecule has 1 aliphatic carbocycles. The Kier molecular flexibility index (Phi) is 4.37. The molecule has 1 saturated carbocycles. The van der Waals surface area contributed by atoms with Gasteiger partial charge in [-0.05, 0) is 43.2 Å². The van der Waals surface area contributed by atoms with Crippen molar-refractivity contribution in [2.24, 2.45) is 5.92 Å². The van der Waals surface area contributed by atoms with E-state index >= 15 is 0 Å². The average molecular weight is 341 g/mol. The lowest BCUT2D eigenvalue weighted by Crippen LogP contribution is -2.48. The summed E-state index contributed by atoms with van der Waals surface area (Å²) in [5.74, 6) is 1.08. The van der Waals surface area contributed by atoms with Gasteiger partial charge in [-0.15, -0.1) is 11.3 Å². The Morgan fingerprint density at radius 2 is 1.92 bits per heavy atom. The van der Waals surface area contributed by atoms with Gasteiger partial charge in [0.1, 0.15) is 0 Å². The molecule has 4 nitrogen and oxygen atoms in total. The van der Waals surface area contributed by atoms with E-state index in [4.69, 9.17) is 0 Å². The monoisotopic (exact) mass is 341 g/mol. The third-order valence-corrected chi connectivity index (χ3v) is 6.21. The van der Waals surface area contributed by atoms with E-state index in [0.29, 0.717) is 11.8 Å². The van der Waals surface area contributed by atoms with Crippen molar-refractivity contribution >= 4 is 17.2 Å². The lowest BCUT2D eigenvalue weighted by Gasteiger charge is -2.35. The van der Waals surface area contributed by atoms with Crippen molar-refractivity contribution in [3.63, 3.8) is 0 Å². The number of nitrogens with zero attached hydrogens (tertiary/aromatic N) is 3. The van der Waals surface area contributed by atoms with Crippen LogP contribution in [-0.2, 0) is 11.3 Å². The quantitative estimate of drug-likeness (QED) is 0.858. The van der Waals surface area contributed by atoms with Gasteiger partial charge >= 0.3 is 0 Å². The van der Waals surface area contributed by atoms with Gasteiger partial charge in [-0.3, -0.25) is 14.7 Å². The molecule has 0 unspecified atom stereocenters. The van der Waals surface area contributed by atoms with Gasteiger partial charge in [0, 0.05) is 66.7 Å². The van der Waals surface area contributed by atoms with Gasteiger partial charge in [-0.25, -0.2) is 0 Å². The Bertz CT molecular complexity index is 706. The maximum absolute atomic E-state index is 12.7. The fraction of sp³-hybridized carbons (Fsp3) is 0.474. The van der Waals surface area contributed by atoms with Crippen molar-refractivity contribution in [2.45, 2.75) is 25.8 Å². The van der Waals surface area contributed by atoms with E-state index in [-0.39, 0.29) is 5.92 Å². The second-order valence-corrected chi connectivity index (χ2v) is 8.17. The molecule has 0 radical (unpaired) electrons. The Hall–Kier alpha value is -1.72. The van der Waals surface area contributed by atoms with Crippen molar-refractivity contribution < 1.29 is 4.79 Å². The van der Waals surface area contributed by atoms with Crippen LogP contribution in [0.25, 0.3) is 0 Å². The maximum Gasteiger partial charge on any atom is 0.226 e. The number of thiophene rings is 1. The summed E-state index contributed by atoms with van der Waals surface area (Å²) in [4.78, 5) is 24.0. The Morgan fingerprint density at radius 3 is 2.58 bits per heavy atom. The molecule has 0 N–H and O–H groups in total.